The van der Waals surface area contributed by atoms with E-state index in [-0.39, 0.29) is 105 Å². The summed E-state index contributed by atoms with van der Waals surface area (Å²) < 4.78 is 38.2. The number of aliphatic hydroxyl groups excluding tert-OH is 1. The summed E-state index contributed by atoms with van der Waals surface area (Å²) in [6.45, 7) is 7.68. The Balaban J connectivity index is 1.04. The van der Waals surface area contributed by atoms with Gasteiger partial charge < -0.3 is 86.2 Å². The third-order valence-electron chi connectivity index (χ3n) is 16.3. The summed E-state index contributed by atoms with van der Waals surface area (Å²) in [5.41, 5.74) is 2.00. The molecular weight excluding hydrogens is 1380 g/mol. The topological polar surface area (TPSA) is 445 Å². The number of allylic oxidation sites excluding steroid dienone is 1. The highest BCUT2D eigenvalue weighted by molar-refractivity contribution is 7.14. The monoisotopic (exact) mass is 1440 g/mol. The molecule has 6 amide bonds. The number of hydrogen-bond donors (Lipinski definition) is 10. The fourth-order valence-corrected chi connectivity index (χ4v) is 15.9. The van der Waals surface area contributed by atoms with E-state index in [0.717, 1.165) is 56.7 Å². The van der Waals surface area contributed by atoms with Crippen LogP contribution in [0.5, 0.6) is 5.75 Å². The summed E-state index contributed by atoms with van der Waals surface area (Å²) in [7, 11) is 4.83. The molecule has 512 valence electrons. The summed E-state index contributed by atoms with van der Waals surface area (Å²) in [5, 5.41) is 67.4. The number of hydrogen-bond acceptors (Lipinski definition) is 30. The maximum atomic E-state index is 15.2. The fourth-order valence-electron chi connectivity index (χ4n) is 11.7. The van der Waals surface area contributed by atoms with E-state index in [1.165, 1.54) is 60.0 Å². The maximum absolute atomic E-state index is 15.2. The SMILES string of the molecule is C=C(NC(=O)c1csc(-c2nc3c(cc2O)-c2nc(cs2)C(=O)N[C@@H]([C@@H](C)O)C(=O)N/C(=C(\C)OC)c2nc(cs2)C(=O)N[C@@H]2c4nc(cs4)C(=O)N[C@@H](COC(=O)c4c5c6c(cccc6n4O)COC(=O)[C@@H](O[C@H]4C[C@](C)(O)C(N(C)C)[C@H](C)O4)[C@H]2OC5)c2nc-3cs2)n1)C(N)=O. The number of esters is 2. The van der Waals surface area contributed by atoms with Gasteiger partial charge in [0.05, 0.1) is 48.8 Å². The molecule has 98 heavy (non-hydrogen) atoms. The van der Waals surface area contributed by atoms with Gasteiger partial charge >= 0.3 is 11.9 Å². The molecule has 11 N–H and O–H groups in total. The lowest BCUT2D eigenvalue weighted by atomic mass is 9.85. The minimum atomic E-state index is -1.92. The summed E-state index contributed by atoms with van der Waals surface area (Å²) in [6.07, 6.45) is -7.56. The van der Waals surface area contributed by atoms with Crippen LogP contribution in [0.3, 0.4) is 0 Å². The lowest BCUT2D eigenvalue weighted by Crippen LogP contribution is -2.62. The van der Waals surface area contributed by atoms with Crippen molar-refractivity contribution in [1.29, 1.82) is 0 Å². The van der Waals surface area contributed by atoms with Crippen LogP contribution in [0.1, 0.15) is 125 Å². The van der Waals surface area contributed by atoms with E-state index in [1.807, 2.05) is 0 Å². The van der Waals surface area contributed by atoms with E-state index >= 15 is 14.4 Å². The number of carbonyl (C=O) groups excluding carboxylic acids is 8. The van der Waals surface area contributed by atoms with Gasteiger partial charge in [-0.1, -0.05) is 18.7 Å². The van der Waals surface area contributed by atoms with Gasteiger partial charge in [0.1, 0.15) is 120 Å². The van der Waals surface area contributed by atoms with Gasteiger partial charge in [0.15, 0.2) is 18.1 Å². The number of likely N-dealkylation sites (N-methyl/N-ethyl adjacent to an activating group) is 1. The Hall–Kier alpha value is -9.54. The Morgan fingerprint density at radius 2 is 1.52 bits per heavy atom. The highest BCUT2D eigenvalue weighted by Gasteiger charge is 2.50. The number of primary amides is 1. The van der Waals surface area contributed by atoms with Crippen molar-refractivity contribution in [3.8, 4) is 38.4 Å². The Morgan fingerprint density at radius 3 is 2.23 bits per heavy atom. The summed E-state index contributed by atoms with van der Waals surface area (Å²) in [5.74, 6) is -8.28. The average molecular weight is 1440 g/mol. The number of thiazole rings is 5. The predicted molar refractivity (Wildman–Crippen MR) is 350 cm³/mol. The average Bonchev–Trinajstić information content (AvgIpc) is 1.57. The number of rotatable bonds is 9. The number of amides is 6. The van der Waals surface area contributed by atoms with E-state index < -0.39 is 145 Å². The van der Waals surface area contributed by atoms with Crippen molar-refractivity contribution in [2.75, 3.05) is 27.8 Å². The first kappa shape index (κ1) is 68.4. The minimum absolute atomic E-state index is 0.00915. The van der Waals surface area contributed by atoms with Crippen molar-refractivity contribution < 1.29 is 87.3 Å². The minimum Gasteiger partial charge on any atom is -0.506 e. The number of aromatic hydroxyl groups is 1. The van der Waals surface area contributed by atoms with Gasteiger partial charge in [0.2, 0.25) is 5.91 Å². The molecule has 0 saturated carbocycles. The number of methoxy groups -OCH3 is 1. The van der Waals surface area contributed by atoms with Crippen LogP contribution < -0.4 is 32.3 Å². The first-order valence-corrected chi connectivity index (χ1v) is 34.1. The van der Waals surface area contributed by atoms with Crippen LogP contribution in [-0.2, 0) is 56.0 Å². The van der Waals surface area contributed by atoms with Crippen molar-refractivity contribution in [3.05, 3.63) is 124 Å². The molecule has 8 aromatic rings. The van der Waals surface area contributed by atoms with Crippen LogP contribution in [0.25, 0.3) is 49.3 Å². The standard InChI is InChI=1S/C61H60N14O18S5/c1-22(48(62)78)63-49(79)31-19-97-57(68-31)42-36(77)12-27-41(70-42)30-17-95-55(65-30)29-16-91-59(84)44-28-15-89-45(46(93-37-13-61(5,86)47(74(6)7)25(4)92-37)60(85)90-14-26-10-9-11-35(38(26)28)75(44)87)43(58-69-32(20-98-58)50(80)64-29)73-52(82)34-21-96-56(67-34)40(24(3)88-8)72-53(83)39(23(2)76)71-51(81)33-18-94-54(27)66-33/h9-12,17-21,23,25,29,37,39,43,45-47,76-77,86-87H,1,13-16H2,2-8H3,(H2,62,78)(H,63,79)(H,64,80)(H,71,81)(H,72,83)(H,73,82)/b40-24+/t23-,25+,29+,37+,39+,43+,45+,46+,47?,61+/m1/s1. The molecule has 4 aliphatic rings. The number of nitrogens with zero attached hydrogens (tertiary/aromatic N) is 8. The highest BCUT2D eigenvalue weighted by Crippen LogP contribution is 2.43. The zero-order valence-electron chi connectivity index (χ0n) is 52.6. The van der Waals surface area contributed by atoms with Crippen molar-refractivity contribution >= 4 is 121 Å². The third kappa shape index (κ3) is 13.4. The first-order valence-electron chi connectivity index (χ1n) is 29.7. The van der Waals surface area contributed by atoms with Gasteiger partial charge in [-0.25, -0.2) is 39.5 Å². The Labute approximate surface area is 574 Å². The number of carbonyl (C=O) groups is 8. The smallest absolute Gasteiger partial charge is 0.358 e. The molecule has 12 rings (SSSR count). The maximum Gasteiger partial charge on any atom is 0.358 e. The van der Waals surface area contributed by atoms with Gasteiger partial charge in [0.25, 0.3) is 29.5 Å². The van der Waals surface area contributed by atoms with Gasteiger partial charge in [-0.05, 0) is 59.5 Å². The van der Waals surface area contributed by atoms with Crippen LogP contribution in [0.4, 0.5) is 0 Å². The zero-order valence-corrected chi connectivity index (χ0v) is 56.7. The molecular formula is C61H60N14O18S5. The van der Waals surface area contributed by atoms with Crippen molar-refractivity contribution in [1.82, 2.24) is 66.1 Å². The first-order chi connectivity index (χ1) is 46.7. The van der Waals surface area contributed by atoms with Crippen molar-refractivity contribution in [2.45, 2.75) is 108 Å². The summed E-state index contributed by atoms with van der Waals surface area (Å²) in [6, 6.07) is 0.628. The van der Waals surface area contributed by atoms with Gasteiger partial charge in [0, 0.05) is 49.8 Å². The molecule has 12 bridgehead atoms. The number of nitrogens with two attached hydrogens (primary N) is 1. The van der Waals surface area contributed by atoms with Gasteiger partial charge in [-0.3, -0.25) is 28.8 Å². The van der Waals surface area contributed by atoms with Crippen LogP contribution >= 0.6 is 56.7 Å². The summed E-state index contributed by atoms with van der Waals surface area (Å²) in [4.78, 5) is 144. The molecule has 32 nitrogen and oxygen atoms in total. The number of aliphatic hydroxyl groups is 2. The molecule has 4 aliphatic heterocycles. The van der Waals surface area contributed by atoms with Crippen molar-refractivity contribution in [3.63, 3.8) is 0 Å². The lowest BCUT2D eigenvalue weighted by molar-refractivity contribution is -0.280. The van der Waals surface area contributed by atoms with Crippen LogP contribution in [0, 0.1) is 0 Å². The van der Waals surface area contributed by atoms with Gasteiger partial charge in [-0.2, -0.15) is 4.73 Å². The number of fused-ring (bicyclic) bond motifs is 15. The van der Waals surface area contributed by atoms with E-state index in [9.17, 15) is 44.5 Å². The molecule has 0 aliphatic carbocycles. The molecule has 1 unspecified atom stereocenters. The largest absolute Gasteiger partial charge is 0.506 e. The van der Waals surface area contributed by atoms with E-state index in [2.05, 4.69) is 48.1 Å². The van der Waals surface area contributed by atoms with Crippen LogP contribution in [0.2, 0.25) is 0 Å². The van der Waals surface area contributed by atoms with E-state index in [4.69, 9.17) is 49.1 Å². The second-order valence-corrected chi connectivity index (χ2v) is 27.7. The fraction of sp³-hybridized carbons (Fsp3) is 0.344. The number of cyclic esters (lactones) is 2. The molecule has 11 heterocycles. The molecule has 10 atom stereocenters. The molecule has 7 aromatic heterocycles. The highest BCUT2D eigenvalue weighted by atomic mass is 32.1. The van der Waals surface area contributed by atoms with Crippen molar-refractivity contribution in [2.24, 2.45) is 5.73 Å². The number of ether oxygens (including phenoxy) is 6. The number of aromatic nitrogens is 7. The molecule has 37 heteroatoms. The second-order valence-electron chi connectivity index (χ2n) is 23.3. The second kappa shape index (κ2) is 27.4. The van der Waals surface area contributed by atoms with Crippen LogP contribution in [-0.4, -0.2) is 184 Å². The zero-order chi connectivity index (χ0) is 69.9. The number of benzene rings is 1. The molecule has 1 fully saturated rings. The number of nitrogens with one attached hydrogen (secondary N) is 5. The molecule has 0 radical (unpaired) electrons. The van der Waals surface area contributed by atoms with E-state index in [1.54, 1.807) is 45.0 Å². The molecule has 0 spiro atoms. The van der Waals surface area contributed by atoms with Crippen LogP contribution in [0.15, 0.2) is 69.2 Å². The molecule has 1 saturated heterocycles. The Bertz CT molecular complexity index is 4610. The quantitative estimate of drug-likeness (QED) is 0.0424. The normalized spacial score (nSPS) is 24.0. The predicted octanol–water partition coefficient (Wildman–Crippen LogP) is 3.89. The molecule has 1 aromatic carbocycles. The lowest BCUT2D eigenvalue weighted by Gasteiger charge is -2.48. The Kier molecular flexibility index (Phi) is 19.1. The number of pyridine rings is 1. The third-order valence-corrected chi connectivity index (χ3v) is 20.8. The van der Waals surface area contributed by atoms with Gasteiger partial charge in [-0.15, -0.1) is 56.7 Å². The Morgan fingerprint density at radius 1 is 0.857 bits per heavy atom. The summed E-state index contributed by atoms with van der Waals surface area (Å²) >= 11 is 4.46. The van der Waals surface area contributed by atoms with E-state index in [0.29, 0.717) is 10.3 Å².